The van der Waals surface area contributed by atoms with Gasteiger partial charge in [0.1, 0.15) is 10.1 Å². The fourth-order valence-corrected chi connectivity index (χ4v) is 2.26. The Labute approximate surface area is 109 Å². The van der Waals surface area contributed by atoms with Crippen LogP contribution >= 0.6 is 0 Å². The summed E-state index contributed by atoms with van der Waals surface area (Å²) in [4.78, 5) is 10.9. The summed E-state index contributed by atoms with van der Waals surface area (Å²) in [6.45, 7) is 6.20. The molecule has 0 aromatic rings. The first-order valence-corrected chi connectivity index (χ1v) is 7.22. The summed E-state index contributed by atoms with van der Waals surface area (Å²) in [5.74, 6) is -0.226. The zero-order valence-corrected chi connectivity index (χ0v) is 12.0. The lowest BCUT2D eigenvalue weighted by Crippen LogP contribution is -2.47. The van der Waals surface area contributed by atoms with E-state index in [1.165, 1.54) is 13.0 Å². The molecule has 1 N–H and O–H groups in total. The molecule has 1 atom stereocenters. The number of nitrogens with one attached hydrogen (secondary N) is 1. The first-order chi connectivity index (χ1) is 8.08. The Hall–Kier alpha value is -0.920. The fraction of sp³-hybridized carbons (Fsp3) is 0.727. The van der Waals surface area contributed by atoms with Crippen molar-refractivity contribution in [2.24, 2.45) is 0 Å². The third kappa shape index (κ3) is 7.41. The Bertz CT molecular complexity index is 390. The van der Waals surface area contributed by atoms with Crippen LogP contribution in [0.4, 0.5) is 0 Å². The minimum Gasteiger partial charge on any atom is -0.748 e. The molecule has 6 nitrogen and oxygen atoms in total. The number of amides is 1. The number of rotatable bonds is 8. The van der Waals surface area contributed by atoms with E-state index in [1.54, 1.807) is 0 Å². The summed E-state index contributed by atoms with van der Waals surface area (Å²) in [7, 11) is -0.516. The van der Waals surface area contributed by atoms with Crippen molar-refractivity contribution < 1.29 is 22.2 Å². The fourth-order valence-electron chi connectivity index (χ4n) is 1.67. The van der Waals surface area contributed by atoms with Gasteiger partial charge in [-0.15, -0.1) is 0 Å². The normalized spacial score (nSPS) is 14.0. The number of carbonyl (C=O) groups excluding carboxylic acids is 1. The van der Waals surface area contributed by atoms with Crippen LogP contribution in [0.15, 0.2) is 12.7 Å². The molecular formula is C11H22N2O4S. The van der Waals surface area contributed by atoms with Crippen molar-refractivity contribution in [2.75, 3.05) is 33.7 Å². The zero-order chi connectivity index (χ0) is 14.4. The van der Waals surface area contributed by atoms with E-state index in [1.807, 2.05) is 14.1 Å². The van der Waals surface area contributed by atoms with Gasteiger partial charge >= 0.3 is 0 Å². The molecule has 0 aromatic carbocycles. The Balaban J connectivity index is 4.08. The van der Waals surface area contributed by atoms with Crippen LogP contribution in [0.3, 0.4) is 0 Å². The lowest BCUT2D eigenvalue weighted by atomic mass is 10.3. The SMILES string of the molecule is C=CC(=O)NCCC[N+](C)(C)CC(C)S(=O)(=O)[O-]. The summed E-state index contributed by atoms with van der Waals surface area (Å²) in [5, 5.41) is 1.73. The third-order valence-corrected chi connectivity index (χ3v) is 3.80. The van der Waals surface area contributed by atoms with Gasteiger partial charge in [0.15, 0.2) is 0 Å². The minimum absolute atomic E-state index is 0.226. The number of nitrogens with zero attached hydrogens (tertiary/aromatic N) is 1. The lowest BCUT2D eigenvalue weighted by molar-refractivity contribution is -0.889. The highest BCUT2D eigenvalue weighted by Gasteiger charge is 2.22. The topological polar surface area (TPSA) is 86.3 Å². The number of quaternary nitrogens is 1. The van der Waals surface area contributed by atoms with E-state index in [0.717, 1.165) is 0 Å². The molecule has 7 heteroatoms. The Morgan fingerprint density at radius 1 is 1.50 bits per heavy atom. The molecule has 0 radical (unpaired) electrons. The largest absolute Gasteiger partial charge is 0.748 e. The maximum absolute atomic E-state index is 10.9. The van der Waals surface area contributed by atoms with Gasteiger partial charge in [0, 0.05) is 13.0 Å². The van der Waals surface area contributed by atoms with Crippen LogP contribution < -0.4 is 5.32 Å². The second-order valence-electron chi connectivity index (χ2n) is 4.99. The van der Waals surface area contributed by atoms with E-state index in [2.05, 4.69) is 11.9 Å². The first kappa shape index (κ1) is 17.1. The molecule has 1 amide bonds. The van der Waals surface area contributed by atoms with Crippen LogP contribution in [0, 0.1) is 0 Å². The van der Waals surface area contributed by atoms with Gasteiger partial charge in [-0.1, -0.05) is 6.58 Å². The molecule has 0 aliphatic carbocycles. The maximum atomic E-state index is 10.9. The third-order valence-electron chi connectivity index (χ3n) is 2.67. The van der Waals surface area contributed by atoms with E-state index in [9.17, 15) is 17.8 Å². The summed E-state index contributed by atoms with van der Waals surface area (Å²) in [6.07, 6.45) is 1.91. The molecule has 0 fully saturated rings. The van der Waals surface area contributed by atoms with Crippen LogP contribution in [0.1, 0.15) is 13.3 Å². The van der Waals surface area contributed by atoms with Gasteiger partial charge in [0.25, 0.3) is 0 Å². The highest BCUT2D eigenvalue weighted by molar-refractivity contribution is 7.86. The van der Waals surface area contributed by atoms with Gasteiger partial charge in [-0.2, -0.15) is 0 Å². The van der Waals surface area contributed by atoms with Crippen molar-refractivity contribution in [3.8, 4) is 0 Å². The average Bonchev–Trinajstić information content (AvgIpc) is 2.22. The highest BCUT2D eigenvalue weighted by Crippen LogP contribution is 2.06. The molecule has 1 unspecified atom stereocenters. The summed E-state index contributed by atoms with van der Waals surface area (Å²) >= 11 is 0. The van der Waals surface area contributed by atoms with Crippen molar-refractivity contribution in [1.29, 1.82) is 0 Å². The van der Waals surface area contributed by atoms with Crippen LogP contribution in [-0.2, 0) is 14.9 Å². The molecule has 106 valence electrons. The standard InChI is InChI=1S/C11H22N2O4S/c1-5-11(14)12-7-6-8-13(3,4)9-10(2)18(15,16)17/h5,10H,1,6-9H2,2-4H3,(H-,12,14,15,16,17). The lowest BCUT2D eigenvalue weighted by Gasteiger charge is -2.33. The summed E-state index contributed by atoms with van der Waals surface area (Å²) < 4.78 is 32.9. The predicted molar refractivity (Wildman–Crippen MR) is 68.8 cm³/mol. The molecule has 18 heavy (non-hydrogen) atoms. The predicted octanol–water partition coefficient (Wildman–Crippen LogP) is -0.311. The van der Waals surface area contributed by atoms with Gasteiger partial charge in [0.05, 0.1) is 32.4 Å². The highest BCUT2D eigenvalue weighted by atomic mass is 32.2. The maximum Gasteiger partial charge on any atom is 0.243 e. The molecule has 0 spiro atoms. The summed E-state index contributed by atoms with van der Waals surface area (Å²) in [6, 6.07) is 0. The number of hydrogen-bond acceptors (Lipinski definition) is 4. The van der Waals surface area contributed by atoms with Crippen molar-refractivity contribution in [2.45, 2.75) is 18.6 Å². The van der Waals surface area contributed by atoms with Gasteiger partial charge in [-0.25, -0.2) is 8.42 Å². The van der Waals surface area contributed by atoms with E-state index in [-0.39, 0.29) is 12.5 Å². The Kier molecular flexibility index (Phi) is 6.51. The van der Waals surface area contributed by atoms with Crippen molar-refractivity contribution in [3.63, 3.8) is 0 Å². The molecule has 0 rings (SSSR count). The first-order valence-electron chi connectivity index (χ1n) is 5.75. The van der Waals surface area contributed by atoms with Gasteiger partial charge in [-0.3, -0.25) is 4.79 Å². The van der Waals surface area contributed by atoms with Crippen molar-refractivity contribution in [1.82, 2.24) is 5.32 Å². The average molecular weight is 278 g/mol. The summed E-state index contributed by atoms with van der Waals surface area (Å²) in [5.41, 5.74) is 0. The van der Waals surface area contributed by atoms with E-state index in [4.69, 9.17) is 0 Å². The van der Waals surface area contributed by atoms with E-state index in [0.29, 0.717) is 24.0 Å². The molecule has 0 aliphatic heterocycles. The number of hydrogen-bond donors (Lipinski definition) is 1. The Morgan fingerprint density at radius 2 is 2.06 bits per heavy atom. The van der Waals surface area contributed by atoms with Gasteiger partial charge in [0.2, 0.25) is 5.91 Å². The smallest absolute Gasteiger partial charge is 0.243 e. The van der Waals surface area contributed by atoms with Crippen LogP contribution in [0.2, 0.25) is 0 Å². The quantitative estimate of drug-likeness (QED) is 0.285. The second kappa shape index (κ2) is 6.86. The van der Waals surface area contributed by atoms with E-state index < -0.39 is 15.4 Å². The molecule has 0 aromatic heterocycles. The molecule has 0 heterocycles. The monoisotopic (exact) mass is 278 g/mol. The number of carbonyl (C=O) groups is 1. The Morgan fingerprint density at radius 3 is 2.50 bits per heavy atom. The van der Waals surface area contributed by atoms with Crippen LogP contribution in [-0.4, -0.2) is 62.3 Å². The molecule has 0 bridgehead atoms. The molecule has 0 saturated heterocycles. The minimum atomic E-state index is -4.23. The molecule has 0 saturated carbocycles. The zero-order valence-electron chi connectivity index (χ0n) is 11.2. The van der Waals surface area contributed by atoms with Crippen molar-refractivity contribution in [3.05, 3.63) is 12.7 Å². The van der Waals surface area contributed by atoms with Crippen LogP contribution in [0.25, 0.3) is 0 Å². The van der Waals surface area contributed by atoms with Crippen molar-refractivity contribution >= 4 is 16.0 Å². The van der Waals surface area contributed by atoms with Gasteiger partial charge < -0.3 is 14.4 Å². The molecular weight excluding hydrogens is 256 g/mol. The second-order valence-corrected chi connectivity index (χ2v) is 6.78. The van der Waals surface area contributed by atoms with Crippen LogP contribution in [0.5, 0.6) is 0 Å². The molecule has 0 aliphatic rings. The van der Waals surface area contributed by atoms with E-state index >= 15 is 0 Å². The van der Waals surface area contributed by atoms with Gasteiger partial charge in [-0.05, 0) is 13.0 Å².